The molecule has 1 aliphatic heterocycles. The summed E-state index contributed by atoms with van der Waals surface area (Å²) in [5.41, 5.74) is 0.159. The lowest BCUT2D eigenvalue weighted by Gasteiger charge is -2.28. The summed E-state index contributed by atoms with van der Waals surface area (Å²) in [5.74, 6) is 1.44. The Balaban J connectivity index is 1.63. The lowest BCUT2D eigenvalue weighted by molar-refractivity contribution is -0.134. The third-order valence-corrected chi connectivity index (χ3v) is 4.99. The maximum Gasteiger partial charge on any atom is 0.248 e. The van der Waals surface area contributed by atoms with E-state index in [1.54, 1.807) is 31.4 Å². The highest BCUT2D eigenvalue weighted by molar-refractivity contribution is 5.76. The van der Waals surface area contributed by atoms with Crippen LogP contribution in [-0.2, 0) is 9.53 Å². The number of hydrogen-bond acceptors (Lipinski definition) is 5. The number of hydrogen-bond donors (Lipinski definition) is 0. The highest BCUT2D eigenvalue weighted by Crippen LogP contribution is 2.49. The molecule has 1 aromatic heterocycles. The number of aromatic nitrogens is 2. The highest BCUT2D eigenvalue weighted by Gasteiger charge is 2.50. The first-order valence-electron chi connectivity index (χ1n) is 7.91. The standard InChI is InChI=1S/C16H24N4O2/c1-19(2)14(21)10-22-12-16-6-3-5-13(16)9-20(11-16)15-17-7-4-8-18-15/h4,7-8,13H,3,5-6,9-12H2,1-2H3/t13-,16+/m0/s1. The molecule has 2 heterocycles. The number of anilines is 1. The van der Waals surface area contributed by atoms with E-state index in [0.717, 1.165) is 25.5 Å². The third kappa shape index (κ3) is 2.92. The Labute approximate surface area is 131 Å². The van der Waals surface area contributed by atoms with Crippen molar-refractivity contribution in [3.63, 3.8) is 0 Å². The number of amides is 1. The molecule has 6 heteroatoms. The number of ether oxygens (including phenoxy) is 1. The van der Waals surface area contributed by atoms with Crippen LogP contribution in [0.5, 0.6) is 0 Å². The molecule has 0 aromatic carbocycles. The van der Waals surface area contributed by atoms with Crippen LogP contribution in [0.2, 0.25) is 0 Å². The van der Waals surface area contributed by atoms with Gasteiger partial charge in [0, 0.05) is 45.0 Å². The van der Waals surface area contributed by atoms with E-state index in [2.05, 4.69) is 14.9 Å². The van der Waals surface area contributed by atoms with Gasteiger partial charge < -0.3 is 14.5 Å². The van der Waals surface area contributed by atoms with Gasteiger partial charge in [0.1, 0.15) is 6.61 Å². The van der Waals surface area contributed by atoms with Gasteiger partial charge in [-0.1, -0.05) is 6.42 Å². The van der Waals surface area contributed by atoms with E-state index in [1.807, 2.05) is 6.07 Å². The fraction of sp³-hybridized carbons (Fsp3) is 0.688. The van der Waals surface area contributed by atoms with E-state index < -0.39 is 0 Å². The second kappa shape index (κ2) is 6.20. The summed E-state index contributed by atoms with van der Waals surface area (Å²) in [4.78, 5) is 24.2. The molecule has 120 valence electrons. The maximum absolute atomic E-state index is 11.7. The van der Waals surface area contributed by atoms with E-state index in [-0.39, 0.29) is 17.9 Å². The molecule has 0 spiro atoms. The van der Waals surface area contributed by atoms with E-state index in [9.17, 15) is 4.79 Å². The van der Waals surface area contributed by atoms with Crippen molar-refractivity contribution in [2.24, 2.45) is 11.3 Å². The average molecular weight is 304 g/mol. The van der Waals surface area contributed by atoms with Crippen molar-refractivity contribution >= 4 is 11.9 Å². The lowest BCUT2D eigenvalue weighted by atomic mass is 9.82. The Morgan fingerprint density at radius 1 is 1.45 bits per heavy atom. The zero-order valence-electron chi connectivity index (χ0n) is 13.4. The summed E-state index contributed by atoms with van der Waals surface area (Å²) in [7, 11) is 3.51. The van der Waals surface area contributed by atoms with Gasteiger partial charge in [-0.2, -0.15) is 0 Å². The van der Waals surface area contributed by atoms with Crippen LogP contribution in [0.25, 0.3) is 0 Å². The first-order chi connectivity index (χ1) is 10.6. The third-order valence-electron chi connectivity index (χ3n) is 4.99. The van der Waals surface area contributed by atoms with Crippen LogP contribution in [0.1, 0.15) is 19.3 Å². The van der Waals surface area contributed by atoms with Gasteiger partial charge in [0.25, 0.3) is 0 Å². The van der Waals surface area contributed by atoms with Crippen molar-refractivity contribution in [2.45, 2.75) is 19.3 Å². The second-order valence-electron chi connectivity index (χ2n) is 6.66. The van der Waals surface area contributed by atoms with Crippen LogP contribution in [0.15, 0.2) is 18.5 Å². The van der Waals surface area contributed by atoms with Crippen molar-refractivity contribution < 1.29 is 9.53 Å². The van der Waals surface area contributed by atoms with E-state index >= 15 is 0 Å². The molecule has 2 aliphatic rings. The zero-order valence-corrected chi connectivity index (χ0v) is 13.4. The van der Waals surface area contributed by atoms with E-state index in [4.69, 9.17) is 4.74 Å². The van der Waals surface area contributed by atoms with Gasteiger partial charge in [-0.25, -0.2) is 9.97 Å². The molecule has 0 bridgehead atoms. The Hall–Kier alpha value is -1.69. The van der Waals surface area contributed by atoms with E-state index in [1.165, 1.54) is 12.8 Å². The monoisotopic (exact) mass is 304 g/mol. The predicted molar refractivity (Wildman–Crippen MR) is 83.5 cm³/mol. The Morgan fingerprint density at radius 2 is 2.23 bits per heavy atom. The molecular weight excluding hydrogens is 280 g/mol. The van der Waals surface area contributed by atoms with E-state index in [0.29, 0.717) is 12.5 Å². The van der Waals surface area contributed by atoms with Crippen LogP contribution in [0.3, 0.4) is 0 Å². The normalized spacial score (nSPS) is 27.0. The molecule has 1 aliphatic carbocycles. The van der Waals surface area contributed by atoms with Crippen molar-refractivity contribution in [1.29, 1.82) is 0 Å². The molecular formula is C16H24N4O2. The quantitative estimate of drug-likeness (QED) is 0.818. The molecule has 0 N–H and O–H groups in total. The summed E-state index contributed by atoms with van der Waals surface area (Å²) in [6, 6.07) is 1.84. The minimum atomic E-state index is 0.0205. The van der Waals surface area contributed by atoms with Gasteiger partial charge in [0.05, 0.1) is 6.61 Å². The molecule has 1 amide bonds. The minimum Gasteiger partial charge on any atom is -0.371 e. The molecule has 1 aromatic rings. The molecule has 2 fully saturated rings. The van der Waals surface area contributed by atoms with Crippen molar-refractivity contribution in [2.75, 3.05) is 45.3 Å². The Morgan fingerprint density at radius 3 is 2.95 bits per heavy atom. The minimum absolute atomic E-state index is 0.0205. The molecule has 1 saturated carbocycles. The molecule has 2 atom stereocenters. The largest absolute Gasteiger partial charge is 0.371 e. The van der Waals surface area contributed by atoms with Gasteiger partial charge in [-0.05, 0) is 24.8 Å². The molecule has 0 radical (unpaired) electrons. The van der Waals surface area contributed by atoms with Crippen LogP contribution >= 0.6 is 0 Å². The molecule has 6 nitrogen and oxygen atoms in total. The maximum atomic E-state index is 11.7. The zero-order chi connectivity index (χ0) is 15.6. The SMILES string of the molecule is CN(C)C(=O)COC[C@]12CCC[C@H]1CN(c1ncccn1)C2. The number of rotatable bonds is 5. The van der Waals surface area contributed by atoms with Gasteiger partial charge in [0.2, 0.25) is 11.9 Å². The molecule has 0 unspecified atom stereocenters. The lowest BCUT2D eigenvalue weighted by Crippen LogP contribution is -2.35. The smallest absolute Gasteiger partial charge is 0.248 e. The Bertz CT molecular complexity index is 522. The summed E-state index contributed by atoms with van der Waals surface area (Å²) in [6.07, 6.45) is 7.22. The summed E-state index contributed by atoms with van der Waals surface area (Å²) >= 11 is 0. The number of likely N-dealkylation sites (N-methyl/N-ethyl adjacent to an activating group) is 1. The molecule has 3 rings (SSSR count). The Kier molecular flexibility index (Phi) is 4.29. The summed E-state index contributed by atoms with van der Waals surface area (Å²) in [6.45, 7) is 2.75. The topological polar surface area (TPSA) is 58.6 Å². The van der Waals surface area contributed by atoms with Crippen molar-refractivity contribution in [3.8, 4) is 0 Å². The number of carbonyl (C=O) groups excluding carboxylic acids is 1. The average Bonchev–Trinajstić information content (AvgIpc) is 3.05. The first-order valence-corrected chi connectivity index (χ1v) is 7.91. The van der Waals surface area contributed by atoms with Gasteiger partial charge >= 0.3 is 0 Å². The first kappa shape index (κ1) is 15.2. The van der Waals surface area contributed by atoms with Crippen LogP contribution < -0.4 is 4.90 Å². The number of nitrogens with zero attached hydrogens (tertiary/aromatic N) is 4. The van der Waals surface area contributed by atoms with Crippen LogP contribution in [0.4, 0.5) is 5.95 Å². The van der Waals surface area contributed by atoms with Gasteiger partial charge in [-0.15, -0.1) is 0 Å². The predicted octanol–water partition coefficient (Wildman–Crippen LogP) is 1.19. The second-order valence-corrected chi connectivity index (χ2v) is 6.66. The van der Waals surface area contributed by atoms with Gasteiger partial charge in [0.15, 0.2) is 0 Å². The number of carbonyl (C=O) groups is 1. The number of fused-ring (bicyclic) bond motifs is 1. The summed E-state index contributed by atoms with van der Waals surface area (Å²) < 4.78 is 5.77. The summed E-state index contributed by atoms with van der Waals surface area (Å²) in [5, 5.41) is 0. The van der Waals surface area contributed by atoms with Crippen LogP contribution in [-0.4, -0.2) is 61.2 Å². The molecule has 1 saturated heterocycles. The highest BCUT2D eigenvalue weighted by atomic mass is 16.5. The van der Waals surface area contributed by atoms with Gasteiger partial charge in [-0.3, -0.25) is 4.79 Å². The van der Waals surface area contributed by atoms with Crippen LogP contribution in [0, 0.1) is 11.3 Å². The van der Waals surface area contributed by atoms with Crippen molar-refractivity contribution in [1.82, 2.24) is 14.9 Å². The van der Waals surface area contributed by atoms with Crippen molar-refractivity contribution in [3.05, 3.63) is 18.5 Å². The fourth-order valence-corrected chi connectivity index (χ4v) is 3.73. The fourth-order valence-electron chi connectivity index (χ4n) is 3.73. The molecule has 22 heavy (non-hydrogen) atoms.